The first-order chi connectivity index (χ1) is 11.3. The number of hydrogen-bond acceptors (Lipinski definition) is 5. The molecule has 0 unspecified atom stereocenters. The second kappa shape index (κ2) is 5.53. The number of aromatic nitrogens is 6. The van der Waals surface area contributed by atoms with Gasteiger partial charge < -0.3 is 5.32 Å². The van der Waals surface area contributed by atoms with Crippen molar-refractivity contribution in [2.75, 3.05) is 5.32 Å². The highest BCUT2D eigenvalue weighted by Gasteiger charge is 2.07. The molecule has 0 amide bonds. The van der Waals surface area contributed by atoms with Crippen LogP contribution in [0, 0.1) is 0 Å². The summed E-state index contributed by atoms with van der Waals surface area (Å²) in [7, 11) is 1.87. The van der Waals surface area contributed by atoms with Crippen LogP contribution >= 0.6 is 0 Å². The van der Waals surface area contributed by atoms with Gasteiger partial charge in [0.05, 0.1) is 17.3 Å². The van der Waals surface area contributed by atoms with Crippen molar-refractivity contribution in [1.29, 1.82) is 0 Å². The van der Waals surface area contributed by atoms with Crippen LogP contribution in [0.15, 0.2) is 55.2 Å². The molecule has 0 fully saturated rings. The number of hydrogen-bond donors (Lipinski definition) is 1. The maximum Gasteiger partial charge on any atom is 0.163 e. The highest BCUT2D eigenvalue weighted by atomic mass is 15.3. The largest absolute Gasteiger partial charge is 0.365 e. The summed E-state index contributed by atoms with van der Waals surface area (Å²) in [6, 6.07) is 10.1. The van der Waals surface area contributed by atoms with E-state index in [2.05, 4.69) is 37.6 Å². The van der Waals surface area contributed by atoms with Crippen LogP contribution in [0.25, 0.3) is 16.7 Å². The van der Waals surface area contributed by atoms with Gasteiger partial charge in [0.15, 0.2) is 5.65 Å². The second-order valence-electron chi connectivity index (χ2n) is 5.20. The van der Waals surface area contributed by atoms with Gasteiger partial charge in [0, 0.05) is 26.0 Å². The fourth-order valence-corrected chi connectivity index (χ4v) is 2.48. The Balaban J connectivity index is 1.52. The summed E-state index contributed by atoms with van der Waals surface area (Å²) in [6.07, 6.45) is 7.02. The Morgan fingerprint density at radius 2 is 1.96 bits per heavy atom. The van der Waals surface area contributed by atoms with Crippen molar-refractivity contribution in [3.05, 3.63) is 60.8 Å². The van der Waals surface area contributed by atoms with Crippen LogP contribution in [-0.2, 0) is 13.6 Å². The Labute approximate surface area is 132 Å². The monoisotopic (exact) mass is 305 g/mol. The molecule has 114 valence electrons. The Kier molecular flexibility index (Phi) is 3.23. The van der Waals surface area contributed by atoms with Crippen LogP contribution in [0.2, 0.25) is 0 Å². The summed E-state index contributed by atoms with van der Waals surface area (Å²) in [4.78, 5) is 8.54. The molecule has 3 heterocycles. The predicted octanol–water partition coefficient (Wildman–Crippen LogP) is 2.16. The van der Waals surface area contributed by atoms with Crippen LogP contribution in [0.3, 0.4) is 0 Å². The van der Waals surface area contributed by atoms with Crippen molar-refractivity contribution in [1.82, 2.24) is 29.5 Å². The minimum atomic E-state index is 0.681. The molecule has 0 saturated carbocycles. The lowest BCUT2D eigenvalue weighted by Crippen LogP contribution is -2.03. The average molecular weight is 305 g/mol. The van der Waals surface area contributed by atoms with Gasteiger partial charge in [-0.25, -0.2) is 14.6 Å². The van der Waals surface area contributed by atoms with Crippen molar-refractivity contribution in [3.63, 3.8) is 0 Å². The third kappa shape index (κ3) is 2.52. The van der Waals surface area contributed by atoms with E-state index in [0.29, 0.717) is 6.54 Å². The number of aryl methyl sites for hydroxylation is 1. The molecule has 0 aliphatic carbocycles. The van der Waals surface area contributed by atoms with Gasteiger partial charge in [0.2, 0.25) is 0 Å². The number of rotatable bonds is 4. The first-order valence-electron chi connectivity index (χ1n) is 7.27. The molecule has 0 saturated heterocycles. The summed E-state index contributed by atoms with van der Waals surface area (Å²) < 4.78 is 3.57. The smallest absolute Gasteiger partial charge is 0.163 e. The second-order valence-corrected chi connectivity index (χ2v) is 5.20. The third-order valence-electron chi connectivity index (χ3n) is 3.69. The molecule has 3 aromatic heterocycles. The Bertz CT molecular complexity index is 923. The van der Waals surface area contributed by atoms with Gasteiger partial charge in [-0.1, -0.05) is 12.1 Å². The molecule has 0 spiro atoms. The van der Waals surface area contributed by atoms with Crippen molar-refractivity contribution in [2.24, 2.45) is 7.05 Å². The fourth-order valence-electron chi connectivity index (χ4n) is 2.48. The number of anilines is 1. The lowest BCUT2D eigenvalue weighted by atomic mass is 10.2. The number of nitrogens with zero attached hydrogens (tertiary/aromatic N) is 6. The lowest BCUT2D eigenvalue weighted by molar-refractivity contribution is 0.785. The van der Waals surface area contributed by atoms with E-state index >= 15 is 0 Å². The van der Waals surface area contributed by atoms with Gasteiger partial charge >= 0.3 is 0 Å². The molecule has 0 aliphatic rings. The zero-order valence-corrected chi connectivity index (χ0v) is 12.6. The van der Waals surface area contributed by atoms with E-state index in [4.69, 9.17) is 0 Å². The van der Waals surface area contributed by atoms with E-state index in [0.717, 1.165) is 28.1 Å². The third-order valence-corrected chi connectivity index (χ3v) is 3.69. The zero-order chi connectivity index (χ0) is 15.6. The van der Waals surface area contributed by atoms with Gasteiger partial charge in [-0.3, -0.25) is 4.68 Å². The average Bonchev–Trinajstić information content (AvgIpc) is 3.24. The van der Waals surface area contributed by atoms with E-state index in [1.165, 1.54) is 0 Å². The number of fused-ring (bicyclic) bond motifs is 1. The van der Waals surface area contributed by atoms with Gasteiger partial charge in [-0.05, 0) is 23.8 Å². The molecule has 0 bridgehead atoms. The normalized spacial score (nSPS) is 11.0. The lowest BCUT2D eigenvalue weighted by Gasteiger charge is -2.07. The molecule has 0 radical (unpaired) electrons. The molecule has 1 N–H and O–H groups in total. The van der Waals surface area contributed by atoms with Gasteiger partial charge in [-0.2, -0.15) is 10.2 Å². The first kappa shape index (κ1) is 13.4. The number of benzene rings is 1. The van der Waals surface area contributed by atoms with E-state index < -0.39 is 0 Å². The molecule has 0 aliphatic heterocycles. The highest BCUT2D eigenvalue weighted by Crippen LogP contribution is 2.18. The maximum atomic E-state index is 4.30. The van der Waals surface area contributed by atoms with Crippen LogP contribution in [0.5, 0.6) is 0 Å². The standard InChI is InChI=1S/C16H15N7/c1-22-16-14(10-21-22)15(18-11-19-16)17-9-12-3-5-13(6-4-12)23-8-2-7-20-23/h2-8,10-11H,9H2,1H3,(H,17,18,19). The molecular weight excluding hydrogens is 290 g/mol. The Morgan fingerprint density at radius 3 is 2.74 bits per heavy atom. The Hall–Kier alpha value is -3.22. The SMILES string of the molecule is Cn1ncc2c(NCc3ccc(-n4cccn4)cc3)ncnc21. The summed E-state index contributed by atoms with van der Waals surface area (Å²) in [5, 5.41) is 12.7. The topological polar surface area (TPSA) is 73.5 Å². The molecule has 1 aromatic carbocycles. The van der Waals surface area contributed by atoms with Crippen LogP contribution in [0.4, 0.5) is 5.82 Å². The van der Waals surface area contributed by atoms with E-state index in [1.54, 1.807) is 23.4 Å². The van der Waals surface area contributed by atoms with Gasteiger partial charge in [0.1, 0.15) is 12.1 Å². The number of nitrogens with one attached hydrogen (secondary N) is 1. The van der Waals surface area contributed by atoms with E-state index in [-0.39, 0.29) is 0 Å². The summed E-state index contributed by atoms with van der Waals surface area (Å²) in [5.41, 5.74) is 3.02. The minimum absolute atomic E-state index is 0.681. The van der Waals surface area contributed by atoms with Crippen LogP contribution in [0.1, 0.15) is 5.56 Å². The van der Waals surface area contributed by atoms with Crippen molar-refractivity contribution in [3.8, 4) is 5.69 Å². The molecule has 7 nitrogen and oxygen atoms in total. The van der Waals surface area contributed by atoms with Gasteiger partial charge in [0.25, 0.3) is 0 Å². The molecule has 23 heavy (non-hydrogen) atoms. The van der Waals surface area contributed by atoms with Crippen molar-refractivity contribution in [2.45, 2.75) is 6.54 Å². The fraction of sp³-hybridized carbons (Fsp3) is 0.125. The Morgan fingerprint density at radius 1 is 1.09 bits per heavy atom. The van der Waals surface area contributed by atoms with E-state index in [1.807, 2.05) is 36.1 Å². The predicted molar refractivity (Wildman–Crippen MR) is 87.2 cm³/mol. The summed E-state index contributed by atoms with van der Waals surface area (Å²) in [6.45, 7) is 0.681. The molecule has 0 atom stereocenters. The maximum absolute atomic E-state index is 4.30. The molecular formula is C16H15N7. The van der Waals surface area contributed by atoms with Crippen molar-refractivity contribution < 1.29 is 0 Å². The summed E-state index contributed by atoms with van der Waals surface area (Å²) in [5.74, 6) is 0.791. The van der Waals surface area contributed by atoms with Crippen LogP contribution in [-0.4, -0.2) is 29.5 Å². The van der Waals surface area contributed by atoms with Gasteiger partial charge in [-0.15, -0.1) is 0 Å². The van der Waals surface area contributed by atoms with Crippen molar-refractivity contribution >= 4 is 16.9 Å². The van der Waals surface area contributed by atoms with E-state index in [9.17, 15) is 0 Å². The molecule has 4 aromatic rings. The van der Waals surface area contributed by atoms with Crippen LogP contribution < -0.4 is 5.32 Å². The minimum Gasteiger partial charge on any atom is -0.365 e. The molecule has 4 rings (SSSR count). The quantitative estimate of drug-likeness (QED) is 0.625. The zero-order valence-electron chi connectivity index (χ0n) is 12.6. The summed E-state index contributed by atoms with van der Waals surface area (Å²) >= 11 is 0. The first-order valence-corrected chi connectivity index (χ1v) is 7.27. The molecule has 7 heteroatoms. The highest BCUT2D eigenvalue weighted by molar-refractivity contribution is 5.85.